The third-order valence-corrected chi connectivity index (χ3v) is 6.04. The summed E-state index contributed by atoms with van der Waals surface area (Å²) in [6.07, 6.45) is 0.289. The van der Waals surface area contributed by atoms with Crippen molar-refractivity contribution in [2.75, 3.05) is 12.0 Å². The lowest BCUT2D eigenvalue weighted by Crippen LogP contribution is -2.55. The summed E-state index contributed by atoms with van der Waals surface area (Å²) < 4.78 is 4.66. The Morgan fingerprint density at radius 3 is 2.15 bits per heavy atom. The first-order chi connectivity index (χ1) is 16.0. The molecule has 0 aliphatic carbocycles. The Morgan fingerprint density at radius 2 is 1.65 bits per heavy atom. The minimum absolute atomic E-state index is 0.161. The molecular formula is C24H25N3O7. The molecule has 0 spiro atoms. The van der Waals surface area contributed by atoms with Gasteiger partial charge in [-0.05, 0) is 56.7 Å². The molecule has 3 amide bonds. The molecule has 0 saturated carbocycles. The van der Waals surface area contributed by atoms with E-state index in [9.17, 15) is 29.3 Å². The van der Waals surface area contributed by atoms with Crippen LogP contribution in [0.3, 0.4) is 0 Å². The highest BCUT2D eigenvalue weighted by atomic mass is 16.6. The molecule has 3 rings (SSSR count). The van der Waals surface area contributed by atoms with E-state index < -0.39 is 40.2 Å². The lowest BCUT2D eigenvalue weighted by Gasteiger charge is -2.41. The number of methoxy groups -OCH3 is 1. The summed E-state index contributed by atoms with van der Waals surface area (Å²) in [4.78, 5) is 64.2. The van der Waals surface area contributed by atoms with Crippen molar-refractivity contribution in [3.63, 3.8) is 0 Å². The van der Waals surface area contributed by atoms with Gasteiger partial charge in [0.2, 0.25) is 5.91 Å². The van der Waals surface area contributed by atoms with E-state index in [4.69, 9.17) is 0 Å². The Morgan fingerprint density at radius 1 is 1.09 bits per heavy atom. The summed E-state index contributed by atoms with van der Waals surface area (Å²) in [5.41, 5.74) is -0.226. The predicted octanol–water partition coefficient (Wildman–Crippen LogP) is 3.34. The van der Waals surface area contributed by atoms with Gasteiger partial charge in [0, 0.05) is 23.2 Å². The largest absolute Gasteiger partial charge is 0.465 e. The first-order valence-corrected chi connectivity index (χ1v) is 10.6. The van der Waals surface area contributed by atoms with Gasteiger partial charge in [-0.1, -0.05) is 6.92 Å². The topological polar surface area (TPSA) is 127 Å². The number of nitro groups is 1. The van der Waals surface area contributed by atoms with Crippen LogP contribution in [0, 0.1) is 10.1 Å². The molecule has 1 atom stereocenters. The van der Waals surface area contributed by atoms with E-state index in [-0.39, 0.29) is 28.9 Å². The highest BCUT2D eigenvalue weighted by Crippen LogP contribution is 2.33. The van der Waals surface area contributed by atoms with Crippen molar-refractivity contribution < 1.29 is 28.8 Å². The highest BCUT2D eigenvalue weighted by Gasteiger charge is 2.48. The van der Waals surface area contributed by atoms with Crippen molar-refractivity contribution in [2.24, 2.45) is 0 Å². The number of carbonyl (C=O) groups excluding carboxylic acids is 4. The van der Waals surface area contributed by atoms with Crippen molar-refractivity contribution >= 4 is 35.1 Å². The Kier molecular flexibility index (Phi) is 6.80. The zero-order valence-corrected chi connectivity index (χ0v) is 19.3. The molecule has 2 aromatic rings. The molecule has 34 heavy (non-hydrogen) atoms. The van der Waals surface area contributed by atoms with Crippen LogP contribution in [0.1, 0.15) is 54.3 Å². The van der Waals surface area contributed by atoms with Gasteiger partial charge in [0.1, 0.15) is 6.04 Å². The van der Waals surface area contributed by atoms with E-state index in [2.05, 4.69) is 4.74 Å². The number of nitrogens with zero attached hydrogens (tertiary/aromatic N) is 3. The molecule has 0 N–H and O–H groups in total. The molecular weight excluding hydrogens is 442 g/mol. The van der Waals surface area contributed by atoms with Gasteiger partial charge in [0.05, 0.1) is 29.7 Å². The fraction of sp³-hybridized carbons (Fsp3) is 0.333. The Labute approximate surface area is 196 Å². The zero-order valence-electron chi connectivity index (χ0n) is 19.3. The molecule has 1 saturated heterocycles. The van der Waals surface area contributed by atoms with Crippen molar-refractivity contribution in [1.82, 2.24) is 4.90 Å². The minimum Gasteiger partial charge on any atom is -0.465 e. The van der Waals surface area contributed by atoms with Crippen LogP contribution in [0.2, 0.25) is 0 Å². The maximum Gasteiger partial charge on any atom is 0.337 e. The summed E-state index contributed by atoms with van der Waals surface area (Å²) in [5.74, 6) is -2.09. The molecule has 10 nitrogen and oxygen atoms in total. The summed E-state index contributed by atoms with van der Waals surface area (Å²) in [5, 5.41) is 11.0. The summed E-state index contributed by atoms with van der Waals surface area (Å²) in [6.45, 7) is 5.45. The second kappa shape index (κ2) is 9.42. The summed E-state index contributed by atoms with van der Waals surface area (Å²) in [7, 11) is 1.25. The SMILES string of the molecule is CCC(C)(C)N(C(=O)c1ccc([N+](=O)[O-])cc1)C1CC(=O)N(c2ccc(C(=O)OC)cc2)C1=O. The molecule has 2 aromatic carbocycles. The normalized spacial score (nSPS) is 15.9. The van der Waals surface area contributed by atoms with Crippen LogP contribution in [0.5, 0.6) is 0 Å². The van der Waals surface area contributed by atoms with Crippen LogP contribution in [0.15, 0.2) is 48.5 Å². The number of ether oxygens (including phenoxy) is 1. The third-order valence-electron chi connectivity index (χ3n) is 6.04. The van der Waals surface area contributed by atoms with Crippen LogP contribution in [0.25, 0.3) is 0 Å². The Balaban J connectivity index is 1.95. The molecule has 0 bridgehead atoms. The Bertz CT molecular complexity index is 1140. The number of anilines is 1. The van der Waals surface area contributed by atoms with E-state index in [1.807, 2.05) is 6.92 Å². The number of imide groups is 1. The van der Waals surface area contributed by atoms with Crippen LogP contribution >= 0.6 is 0 Å². The van der Waals surface area contributed by atoms with Gasteiger partial charge in [0.25, 0.3) is 17.5 Å². The van der Waals surface area contributed by atoms with Gasteiger partial charge in [-0.25, -0.2) is 9.69 Å². The lowest BCUT2D eigenvalue weighted by atomic mass is 9.94. The molecule has 1 heterocycles. The number of amides is 3. The maximum absolute atomic E-state index is 13.5. The number of rotatable bonds is 7. The highest BCUT2D eigenvalue weighted by molar-refractivity contribution is 6.23. The summed E-state index contributed by atoms with van der Waals surface area (Å²) in [6, 6.07) is 9.91. The number of benzene rings is 2. The minimum atomic E-state index is -1.05. The van der Waals surface area contributed by atoms with Gasteiger partial charge in [-0.2, -0.15) is 0 Å². The zero-order chi connectivity index (χ0) is 25.2. The Hall–Kier alpha value is -4.08. The van der Waals surface area contributed by atoms with E-state index in [1.54, 1.807) is 13.8 Å². The molecule has 10 heteroatoms. The second-order valence-electron chi connectivity index (χ2n) is 8.47. The first kappa shape index (κ1) is 24.6. The smallest absolute Gasteiger partial charge is 0.337 e. The molecule has 1 unspecified atom stereocenters. The van der Waals surface area contributed by atoms with Crippen molar-refractivity contribution in [3.05, 3.63) is 69.8 Å². The van der Waals surface area contributed by atoms with Gasteiger partial charge in [-0.3, -0.25) is 24.5 Å². The molecule has 1 fully saturated rings. The number of nitro benzene ring substituents is 1. The van der Waals surface area contributed by atoms with Gasteiger partial charge >= 0.3 is 5.97 Å². The summed E-state index contributed by atoms with van der Waals surface area (Å²) >= 11 is 0. The molecule has 1 aliphatic heterocycles. The number of hydrogen-bond donors (Lipinski definition) is 0. The number of hydrogen-bond acceptors (Lipinski definition) is 7. The van der Waals surface area contributed by atoms with E-state index in [0.717, 1.165) is 4.90 Å². The molecule has 0 aromatic heterocycles. The van der Waals surface area contributed by atoms with E-state index >= 15 is 0 Å². The van der Waals surface area contributed by atoms with Crippen molar-refractivity contribution in [3.8, 4) is 0 Å². The number of esters is 1. The fourth-order valence-corrected chi connectivity index (χ4v) is 3.83. The second-order valence-corrected chi connectivity index (χ2v) is 8.47. The standard InChI is InChI=1S/C24H25N3O7/c1-5-24(2,3)26(21(29)15-6-12-18(13-7-15)27(32)33)19-14-20(28)25(22(19)30)17-10-8-16(9-11-17)23(31)34-4/h6-13,19H,5,14H2,1-4H3. The average Bonchev–Trinajstić information content (AvgIpc) is 3.11. The van der Waals surface area contributed by atoms with Crippen LogP contribution in [-0.2, 0) is 14.3 Å². The van der Waals surface area contributed by atoms with Gasteiger partial charge in [0.15, 0.2) is 0 Å². The van der Waals surface area contributed by atoms with Crippen LogP contribution in [0.4, 0.5) is 11.4 Å². The predicted molar refractivity (Wildman–Crippen MR) is 122 cm³/mol. The van der Waals surface area contributed by atoms with E-state index in [1.165, 1.54) is 60.5 Å². The van der Waals surface area contributed by atoms with Crippen molar-refractivity contribution in [2.45, 2.75) is 45.2 Å². The quantitative estimate of drug-likeness (QED) is 0.264. The fourth-order valence-electron chi connectivity index (χ4n) is 3.83. The third kappa shape index (κ3) is 4.52. The monoisotopic (exact) mass is 467 g/mol. The van der Waals surface area contributed by atoms with Crippen molar-refractivity contribution in [1.29, 1.82) is 0 Å². The first-order valence-electron chi connectivity index (χ1n) is 10.6. The van der Waals surface area contributed by atoms with Crippen LogP contribution in [-0.4, -0.2) is 52.2 Å². The van der Waals surface area contributed by atoms with E-state index in [0.29, 0.717) is 6.42 Å². The molecule has 1 aliphatic rings. The molecule has 178 valence electrons. The van der Waals surface area contributed by atoms with Gasteiger partial charge < -0.3 is 9.64 Å². The molecule has 0 radical (unpaired) electrons. The average molecular weight is 467 g/mol. The van der Waals surface area contributed by atoms with Crippen LogP contribution < -0.4 is 4.90 Å². The maximum atomic E-state index is 13.5. The van der Waals surface area contributed by atoms with Gasteiger partial charge in [-0.15, -0.1) is 0 Å². The lowest BCUT2D eigenvalue weighted by molar-refractivity contribution is -0.384. The number of carbonyl (C=O) groups is 4. The number of non-ortho nitro benzene ring substituents is 1.